The fraction of sp³-hybridized carbons (Fsp3) is 0.231. The van der Waals surface area contributed by atoms with Crippen molar-refractivity contribution in [2.24, 2.45) is 5.92 Å². The number of nitrogens with one attached hydrogen (secondary N) is 3. The molecule has 0 saturated carbocycles. The van der Waals surface area contributed by atoms with Gasteiger partial charge in [-0.15, -0.1) is 0 Å². The minimum absolute atomic E-state index is 0.295. The molecule has 3 N–H and O–H groups in total. The third-order valence-electron chi connectivity index (χ3n) is 5.72. The van der Waals surface area contributed by atoms with Gasteiger partial charge in [0.1, 0.15) is 5.84 Å². The molecule has 0 unspecified atom stereocenters. The maximum atomic E-state index is 12.3. The topological polar surface area (TPSA) is 68.2 Å². The number of piperidine rings is 1. The predicted molar refractivity (Wildman–Crippen MR) is 127 cm³/mol. The first-order valence-electron chi connectivity index (χ1n) is 10.8. The van der Waals surface area contributed by atoms with E-state index < -0.39 is 0 Å². The summed E-state index contributed by atoms with van der Waals surface area (Å²) in [5.74, 6) is 1.19. The molecule has 5 nitrogen and oxygen atoms in total. The van der Waals surface area contributed by atoms with Gasteiger partial charge in [-0.2, -0.15) is 0 Å². The molecule has 3 aromatic rings. The average molecular weight is 413 g/mol. The molecule has 0 aromatic heterocycles. The van der Waals surface area contributed by atoms with Crippen LogP contribution < -0.4 is 10.6 Å². The quantitative estimate of drug-likeness (QED) is 0.377. The van der Waals surface area contributed by atoms with Crippen LogP contribution in [0.2, 0.25) is 0 Å². The maximum Gasteiger partial charge on any atom is 0.323 e. The number of rotatable bonds is 5. The molecule has 158 valence electrons. The lowest BCUT2D eigenvalue weighted by molar-refractivity contribution is 0.262. The Morgan fingerprint density at radius 3 is 2.16 bits per heavy atom. The van der Waals surface area contributed by atoms with Crippen LogP contribution in [0.3, 0.4) is 0 Å². The summed E-state index contributed by atoms with van der Waals surface area (Å²) < 4.78 is 0. The van der Waals surface area contributed by atoms with Gasteiger partial charge in [0.2, 0.25) is 0 Å². The van der Waals surface area contributed by atoms with Gasteiger partial charge in [-0.05, 0) is 55.0 Å². The van der Waals surface area contributed by atoms with Crippen LogP contribution in [-0.2, 0) is 6.42 Å². The second kappa shape index (κ2) is 9.94. The number of hydrogen-bond donors (Lipinski definition) is 3. The van der Waals surface area contributed by atoms with E-state index in [0.29, 0.717) is 17.4 Å². The molecule has 5 heteroatoms. The number of likely N-dealkylation sites (tertiary alicyclic amines) is 1. The van der Waals surface area contributed by atoms with Crippen LogP contribution in [0.4, 0.5) is 16.2 Å². The summed E-state index contributed by atoms with van der Waals surface area (Å²) in [6.07, 6.45) is 3.29. The van der Waals surface area contributed by atoms with Crippen molar-refractivity contribution in [3.63, 3.8) is 0 Å². The van der Waals surface area contributed by atoms with Gasteiger partial charge in [0.05, 0.1) is 0 Å². The van der Waals surface area contributed by atoms with Crippen LogP contribution in [0, 0.1) is 11.3 Å². The van der Waals surface area contributed by atoms with Crippen molar-refractivity contribution in [3.8, 4) is 0 Å². The third kappa shape index (κ3) is 5.72. The SMILES string of the molecule is N=C(c1cccc(NC(=O)Nc2ccccc2)c1)N1CCC(Cc2ccccc2)CC1. The molecule has 31 heavy (non-hydrogen) atoms. The van der Waals surface area contributed by atoms with E-state index in [1.807, 2.05) is 54.6 Å². The maximum absolute atomic E-state index is 12.3. The number of benzene rings is 3. The zero-order chi connectivity index (χ0) is 21.5. The molecule has 1 saturated heterocycles. The summed E-state index contributed by atoms with van der Waals surface area (Å²) in [5, 5.41) is 14.3. The Hall–Kier alpha value is -3.60. The summed E-state index contributed by atoms with van der Waals surface area (Å²) in [7, 11) is 0. The van der Waals surface area contributed by atoms with Gasteiger partial charge < -0.3 is 15.5 Å². The Labute approximate surface area is 183 Å². The molecule has 0 bridgehead atoms. The Morgan fingerprint density at radius 1 is 0.839 bits per heavy atom. The van der Waals surface area contributed by atoms with Crippen molar-refractivity contribution in [2.45, 2.75) is 19.3 Å². The molecule has 1 aliphatic heterocycles. The Balaban J connectivity index is 1.31. The second-order valence-corrected chi connectivity index (χ2v) is 7.99. The number of para-hydroxylation sites is 1. The molecule has 1 aliphatic rings. The van der Waals surface area contributed by atoms with Crippen molar-refractivity contribution >= 4 is 23.2 Å². The first-order valence-corrected chi connectivity index (χ1v) is 10.8. The van der Waals surface area contributed by atoms with Crippen LogP contribution >= 0.6 is 0 Å². The molecule has 0 radical (unpaired) electrons. The Bertz CT molecular complexity index is 1010. The lowest BCUT2D eigenvalue weighted by Gasteiger charge is -2.34. The summed E-state index contributed by atoms with van der Waals surface area (Å²) in [6, 6.07) is 27.2. The van der Waals surface area contributed by atoms with Crippen LogP contribution in [0.1, 0.15) is 24.0 Å². The molecular weight excluding hydrogens is 384 g/mol. The Morgan fingerprint density at radius 2 is 1.45 bits per heavy atom. The van der Waals surface area contributed by atoms with Crippen molar-refractivity contribution in [1.82, 2.24) is 4.90 Å². The van der Waals surface area contributed by atoms with E-state index in [2.05, 4.69) is 45.9 Å². The van der Waals surface area contributed by atoms with Gasteiger partial charge in [0, 0.05) is 30.0 Å². The largest absolute Gasteiger partial charge is 0.357 e. The zero-order valence-electron chi connectivity index (χ0n) is 17.6. The van der Waals surface area contributed by atoms with E-state index in [4.69, 9.17) is 5.41 Å². The van der Waals surface area contributed by atoms with Crippen LogP contribution in [0.5, 0.6) is 0 Å². The van der Waals surface area contributed by atoms with E-state index in [0.717, 1.165) is 43.6 Å². The molecule has 4 rings (SSSR count). The highest BCUT2D eigenvalue weighted by Gasteiger charge is 2.22. The fourth-order valence-electron chi connectivity index (χ4n) is 4.05. The highest BCUT2D eigenvalue weighted by molar-refractivity contribution is 6.02. The van der Waals surface area contributed by atoms with Gasteiger partial charge in [0.25, 0.3) is 0 Å². The number of carbonyl (C=O) groups excluding carboxylic acids is 1. The van der Waals surface area contributed by atoms with Gasteiger partial charge in [-0.25, -0.2) is 4.79 Å². The fourth-order valence-corrected chi connectivity index (χ4v) is 4.05. The predicted octanol–water partition coefficient (Wildman–Crippen LogP) is 5.61. The number of carbonyl (C=O) groups is 1. The van der Waals surface area contributed by atoms with E-state index in [1.165, 1.54) is 5.56 Å². The van der Waals surface area contributed by atoms with Gasteiger partial charge in [0.15, 0.2) is 0 Å². The monoisotopic (exact) mass is 412 g/mol. The molecule has 3 aromatic carbocycles. The van der Waals surface area contributed by atoms with Crippen LogP contribution in [0.25, 0.3) is 0 Å². The summed E-state index contributed by atoms with van der Waals surface area (Å²) in [4.78, 5) is 14.4. The van der Waals surface area contributed by atoms with E-state index in [-0.39, 0.29) is 6.03 Å². The number of amidine groups is 1. The van der Waals surface area contributed by atoms with Crippen molar-refractivity contribution in [2.75, 3.05) is 23.7 Å². The molecule has 1 heterocycles. The molecule has 2 amide bonds. The summed E-state index contributed by atoms with van der Waals surface area (Å²) >= 11 is 0. The summed E-state index contributed by atoms with van der Waals surface area (Å²) in [5.41, 5.74) is 3.62. The van der Waals surface area contributed by atoms with Gasteiger partial charge in [-0.3, -0.25) is 5.41 Å². The minimum atomic E-state index is -0.295. The lowest BCUT2D eigenvalue weighted by atomic mass is 9.90. The first-order chi connectivity index (χ1) is 15.2. The second-order valence-electron chi connectivity index (χ2n) is 7.99. The molecule has 0 atom stereocenters. The number of urea groups is 1. The van der Waals surface area contributed by atoms with E-state index >= 15 is 0 Å². The highest BCUT2D eigenvalue weighted by atomic mass is 16.2. The van der Waals surface area contributed by atoms with Crippen molar-refractivity contribution in [1.29, 1.82) is 5.41 Å². The Kier molecular flexibility index (Phi) is 6.62. The number of nitrogens with zero attached hydrogens (tertiary/aromatic N) is 1. The zero-order valence-corrected chi connectivity index (χ0v) is 17.6. The normalized spacial score (nSPS) is 14.1. The van der Waals surface area contributed by atoms with Gasteiger partial charge in [-0.1, -0.05) is 60.7 Å². The first kappa shape index (κ1) is 20.7. The van der Waals surface area contributed by atoms with Crippen LogP contribution in [-0.4, -0.2) is 29.9 Å². The smallest absolute Gasteiger partial charge is 0.323 e. The van der Waals surface area contributed by atoms with Crippen LogP contribution in [0.15, 0.2) is 84.9 Å². The highest BCUT2D eigenvalue weighted by Crippen LogP contribution is 2.23. The lowest BCUT2D eigenvalue weighted by Crippen LogP contribution is -2.39. The molecular formula is C26H28N4O. The molecule has 0 spiro atoms. The van der Waals surface area contributed by atoms with E-state index in [1.54, 1.807) is 0 Å². The molecule has 1 fully saturated rings. The van der Waals surface area contributed by atoms with Crippen molar-refractivity contribution < 1.29 is 4.79 Å². The number of amides is 2. The molecule has 0 aliphatic carbocycles. The number of anilines is 2. The average Bonchev–Trinajstić information content (AvgIpc) is 2.80. The standard InChI is InChI=1S/C26H28N4O/c27-25(30-16-14-21(15-17-30)18-20-8-3-1-4-9-20)22-10-7-13-24(19-22)29-26(31)28-23-11-5-2-6-12-23/h1-13,19,21,27H,14-18H2,(H2,28,29,31). The number of hydrogen-bond acceptors (Lipinski definition) is 2. The summed E-state index contributed by atoms with van der Waals surface area (Å²) in [6.45, 7) is 1.78. The van der Waals surface area contributed by atoms with Crippen molar-refractivity contribution in [3.05, 3.63) is 96.1 Å². The third-order valence-corrected chi connectivity index (χ3v) is 5.72. The van der Waals surface area contributed by atoms with Gasteiger partial charge >= 0.3 is 6.03 Å². The minimum Gasteiger partial charge on any atom is -0.357 e. The van der Waals surface area contributed by atoms with E-state index in [9.17, 15) is 4.79 Å².